The minimum atomic E-state index is -1.37. The summed E-state index contributed by atoms with van der Waals surface area (Å²) in [5, 5.41) is 2.82. The van der Waals surface area contributed by atoms with Gasteiger partial charge in [0.15, 0.2) is 5.82 Å². The SMILES string of the molecule is CC1(F)CCN(C(=O)c2ccc3c(n2)N(C(=O)Nc2ccccn2)[C@H]2CCN3C2)C1. The Morgan fingerprint density at radius 2 is 2.10 bits per heavy atom. The summed E-state index contributed by atoms with van der Waals surface area (Å²) in [6, 6.07) is 8.45. The van der Waals surface area contributed by atoms with E-state index in [1.54, 1.807) is 35.4 Å². The smallest absolute Gasteiger partial charge is 0.329 e. The van der Waals surface area contributed by atoms with Crippen LogP contribution in [0.15, 0.2) is 36.5 Å². The molecule has 3 aliphatic heterocycles. The van der Waals surface area contributed by atoms with Gasteiger partial charge in [-0.3, -0.25) is 15.0 Å². The predicted molar refractivity (Wildman–Crippen MR) is 111 cm³/mol. The average Bonchev–Trinajstić information content (AvgIpc) is 3.31. The first kappa shape index (κ1) is 18.8. The van der Waals surface area contributed by atoms with E-state index >= 15 is 0 Å². The summed E-state index contributed by atoms with van der Waals surface area (Å²) in [6.45, 7) is 3.48. The fourth-order valence-corrected chi connectivity index (χ4v) is 4.46. The van der Waals surface area contributed by atoms with Gasteiger partial charge in [0.2, 0.25) is 0 Å². The molecule has 0 radical (unpaired) electrons. The minimum Gasteiger partial charge on any atom is -0.366 e. The van der Waals surface area contributed by atoms with Gasteiger partial charge in [-0.25, -0.2) is 19.2 Å². The standard InChI is InChI=1S/C21H23FN6O2/c1-21(22)8-11-27(13-21)19(29)15-5-6-16-18(24-15)28(14-7-10-26(16)12-14)20(30)25-17-4-2-3-9-23-17/h2-6,9,14H,7-8,10-13H2,1H3,(H,23,25,30)/t14-,21?/m0/s1. The number of anilines is 3. The summed E-state index contributed by atoms with van der Waals surface area (Å²) in [5.41, 5.74) is -0.318. The Bertz CT molecular complexity index is 998. The van der Waals surface area contributed by atoms with Gasteiger partial charge in [-0.2, -0.15) is 0 Å². The normalized spacial score (nSPS) is 24.7. The highest BCUT2D eigenvalue weighted by Crippen LogP contribution is 2.39. The molecule has 2 saturated heterocycles. The largest absolute Gasteiger partial charge is 0.366 e. The summed E-state index contributed by atoms with van der Waals surface area (Å²) in [4.78, 5) is 40.1. The maximum absolute atomic E-state index is 14.2. The highest BCUT2D eigenvalue weighted by atomic mass is 19.1. The van der Waals surface area contributed by atoms with E-state index < -0.39 is 5.67 Å². The number of carbonyl (C=O) groups is 2. The number of rotatable bonds is 2. The average molecular weight is 410 g/mol. The molecule has 3 aliphatic rings. The van der Waals surface area contributed by atoms with Crippen molar-refractivity contribution in [3.63, 3.8) is 0 Å². The first-order valence-electron chi connectivity index (χ1n) is 10.2. The van der Waals surface area contributed by atoms with Gasteiger partial charge in [-0.1, -0.05) is 6.07 Å². The summed E-state index contributed by atoms with van der Waals surface area (Å²) >= 11 is 0. The van der Waals surface area contributed by atoms with Gasteiger partial charge in [0.05, 0.1) is 18.3 Å². The van der Waals surface area contributed by atoms with Crippen LogP contribution in [0.25, 0.3) is 0 Å². The van der Waals surface area contributed by atoms with Crippen LogP contribution in [0, 0.1) is 0 Å². The number of urea groups is 1. The van der Waals surface area contributed by atoms with Gasteiger partial charge in [-0.15, -0.1) is 0 Å². The lowest BCUT2D eigenvalue weighted by Gasteiger charge is -2.35. The quantitative estimate of drug-likeness (QED) is 0.823. The number of aromatic nitrogens is 2. The number of nitrogens with one attached hydrogen (secondary N) is 1. The molecule has 0 aromatic carbocycles. The lowest BCUT2D eigenvalue weighted by molar-refractivity contribution is 0.0755. The molecule has 0 aliphatic carbocycles. The molecule has 1 N–H and O–H groups in total. The van der Waals surface area contributed by atoms with Gasteiger partial charge in [0.1, 0.15) is 17.2 Å². The maximum Gasteiger partial charge on any atom is 0.329 e. The molecule has 1 unspecified atom stereocenters. The number of carbonyl (C=O) groups excluding carboxylic acids is 2. The second-order valence-electron chi connectivity index (χ2n) is 8.33. The summed E-state index contributed by atoms with van der Waals surface area (Å²) < 4.78 is 14.2. The van der Waals surface area contributed by atoms with Gasteiger partial charge in [0, 0.05) is 32.3 Å². The number of hydrogen-bond acceptors (Lipinski definition) is 5. The summed E-state index contributed by atoms with van der Waals surface area (Å²) in [6.07, 6.45) is 2.75. The van der Waals surface area contributed by atoms with E-state index in [1.165, 1.54) is 11.8 Å². The highest BCUT2D eigenvalue weighted by Gasteiger charge is 2.41. The third kappa shape index (κ3) is 3.24. The number of halogens is 1. The van der Waals surface area contributed by atoms with E-state index in [2.05, 4.69) is 20.2 Å². The Morgan fingerprint density at radius 1 is 1.23 bits per heavy atom. The zero-order valence-corrected chi connectivity index (χ0v) is 16.7. The highest BCUT2D eigenvalue weighted by molar-refractivity contribution is 6.05. The maximum atomic E-state index is 14.2. The van der Waals surface area contributed by atoms with Gasteiger partial charge >= 0.3 is 6.03 Å². The van der Waals surface area contributed by atoms with E-state index in [-0.39, 0.29) is 30.2 Å². The number of alkyl halides is 1. The van der Waals surface area contributed by atoms with Crippen molar-refractivity contribution in [1.82, 2.24) is 14.9 Å². The fourth-order valence-electron chi connectivity index (χ4n) is 4.46. The zero-order chi connectivity index (χ0) is 20.9. The van der Waals surface area contributed by atoms with Crippen molar-refractivity contribution in [1.29, 1.82) is 0 Å². The molecule has 0 saturated carbocycles. The molecule has 0 spiro atoms. The first-order valence-corrected chi connectivity index (χ1v) is 10.2. The lowest BCUT2D eigenvalue weighted by atomic mass is 10.1. The fraction of sp³-hybridized carbons (Fsp3) is 0.429. The molecule has 5 rings (SSSR count). The van der Waals surface area contributed by atoms with Crippen LogP contribution >= 0.6 is 0 Å². The van der Waals surface area contributed by atoms with Crippen LogP contribution in [0.4, 0.5) is 26.5 Å². The lowest BCUT2D eigenvalue weighted by Crippen LogP contribution is -2.48. The molecule has 2 bridgehead atoms. The minimum absolute atomic E-state index is 0.0278. The van der Waals surface area contributed by atoms with E-state index in [4.69, 9.17) is 0 Å². The van der Waals surface area contributed by atoms with Crippen molar-refractivity contribution in [2.24, 2.45) is 0 Å². The Morgan fingerprint density at radius 3 is 2.83 bits per heavy atom. The third-order valence-electron chi connectivity index (χ3n) is 6.00. The van der Waals surface area contributed by atoms with Crippen molar-refractivity contribution in [3.8, 4) is 0 Å². The Kier molecular flexibility index (Phi) is 4.34. The summed E-state index contributed by atoms with van der Waals surface area (Å²) in [7, 11) is 0. The van der Waals surface area contributed by atoms with Crippen molar-refractivity contribution in [3.05, 3.63) is 42.2 Å². The predicted octanol–water partition coefficient (Wildman–Crippen LogP) is 2.68. The Labute approximate surface area is 173 Å². The number of likely N-dealkylation sites (tertiary alicyclic amines) is 1. The molecule has 2 aromatic heterocycles. The van der Waals surface area contributed by atoms with E-state index in [0.29, 0.717) is 24.6 Å². The first-order chi connectivity index (χ1) is 14.4. The van der Waals surface area contributed by atoms with Crippen LogP contribution in [0.5, 0.6) is 0 Å². The van der Waals surface area contributed by atoms with Crippen molar-refractivity contribution < 1.29 is 14.0 Å². The second kappa shape index (κ2) is 6.93. The molecule has 30 heavy (non-hydrogen) atoms. The van der Waals surface area contributed by atoms with Crippen molar-refractivity contribution in [2.75, 3.05) is 41.3 Å². The Hall–Kier alpha value is -3.23. The number of amides is 3. The topological polar surface area (TPSA) is 81.7 Å². The molecule has 9 heteroatoms. The van der Waals surface area contributed by atoms with Gasteiger partial charge < -0.3 is 9.80 Å². The van der Waals surface area contributed by atoms with Crippen LogP contribution in [0.1, 0.15) is 30.3 Å². The molecule has 2 fully saturated rings. The number of nitrogens with zero attached hydrogens (tertiary/aromatic N) is 5. The van der Waals surface area contributed by atoms with Crippen molar-refractivity contribution >= 4 is 29.3 Å². The molecule has 2 atom stereocenters. The molecular formula is C21H23FN6O2. The molecular weight excluding hydrogens is 387 g/mol. The molecule has 8 nitrogen and oxygen atoms in total. The number of hydrogen-bond donors (Lipinski definition) is 1. The van der Waals surface area contributed by atoms with Crippen LogP contribution in [-0.4, -0.2) is 64.7 Å². The zero-order valence-electron chi connectivity index (χ0n) is 16.7. The molecule has 2 aromatic rings. The van der Waals surface area contributed by atoms with Crippen LogP contribution < -0.4 is 15.1 Å². The molecule has 3 amide bonds. The monoisotopic (exact) mass is 410 g/mol. The molecule has 5 heterocycles. The third-order valence-corrected chi connectivity index (χ3v) is 6.00. The summed E-state index contributed by atoms with van der Waals surface area (Å²) in [5.74, 6) is 0.610. The number of fused-ring (bicyclic) bond motifs is 4. The molecule has 156 valence electrons. The van der Waals surface area contributed by atoms with E-state index in [9.17, 15) is 14.0 Å². The Balaban J connectivity index is 1.46. The van der Waals surface area contributed by atoms with E-state index in [0.717, 1.165) is 25.2 Å². The van der Waals surface area contributed by atoms with Crippen molar-refractivity contribution in [2.45, 2.75) is 31.5 Å². The van der Waals surface area contributed by atoms with Gasteiger partial charge in [-0.05, 0) is 37.6 Å². The van der Waals surface area contributed by atoms with E-state index in [1.807, 2.05) is 6.07 Å². The second-order valence-corrected chi connectivity index (χ2v) is 8.33. The van der Waals surface area contributed by atoms with Crippen LogP contribution in [0.3, 0.4) is 0 Å². The van der Waals surface area contributed by atoms with Crippen LogP contribution in [-0.2, 0) is 0 Å². The van der Waals surface area contributed by atoms with Crippen LogP contribution in [0.2, 0.25) is 0 Å². The number of pyridine rings is 2. The van der Waals surface area contributed by atoms with Gasteiger partial charge in [0.25, 0.3) is 5.91 Å².